The first-order valence-corrected chi connectivity index (χ1v) is 13.9. The van der Waals surface area contributed by atoms with Crippen molar-refractivity contribution in [1.29, 1.82) is 0 Å². The molecule has 212 valence electrons. The number of aromatic nitrogens is 2. The molecule has 41 heavy (non-hydrogen) atoms. The number of hydrogen-bond donors (Lipinski definition) is 0. The maximum Gasteiger partial charge on any atom is 0.338 e. The number of allylic oxidation sites excluding steroid dienone is 1. The molecule has 0 spiro atoms. The van der Waals surface area contributed by atoms with Crippen LogP contribution in [0.4, 0.5) is 4.39 Å². The van der Waals surface area contributed by atoms with Gasteiger partial charge in [0.05, 0.1) is 36.6 Å². The van der Waals surface area contributed by atoms with E-state index in [0.717, 1.165) is 22.6 Å². The van der Waals surface area contributed by atoms with Crippen LogP contribution in [0.1, 0.15) is 42.4 Å². The molecular formula is C31H30FN3O5S. The molecule has 0 aliphatic carbocycles. The summed E-state index contributed by atoms with van der Waals surface area (Å²) in [7, 11) is 3.08. The average molecular weight is 576 g/mol. The predicted molar refractivity (Wildman–Crippen MR) is 155 cm³/mol. The zero-order valence-electron chi connectivity index (χ0n) is 23.6. The van der Waals surface area contributed by atoms with Gasteiger partial charge in [-0.1, -0.05) is 11.3 Å². The third kappa shape index (κ3) is 4.99. The third-order valence-electron chi connectivity index (χ3n) is 7.09. The molecule has 2 aromatic heterocycles. The Morgan fingerprint density at radius 3 is 2.46 bits per heavy atom. The van der Waals surface area contributed by atoms with E-state index in [0.29, 0.717) is 32.1 Å². The Balaban J connectivity index is 1.73. The summed E-state index contributed by atoms with van der Waals surface area (Å²) in [6, 6.07) is 12.7. The van der Waals surface area contributed by atoms with Crippen LogP contribution in [0.15, 0.2) is 69.6 Å². The molecule has 0 bridgehead atoms. The lowest BCUT2D eigenvalue weighted by atomic mass is 9.94. The molecule has 0 saturated carbocycles. The minimum atomic E-state index is -0.843. The molecule has 1 unspecified atom stereocenters. The number of fused-ring (bicyclic) bond motifs is 1. The molecule has 0 radical (unpaired) electrons. The fraction of sp³-hybridized carbons (Fsp3) is 0.258. The Morgan fingerprint density at radius 2 is 1.80 bits per heavy atom. The highest BCUT2D eigenvalue weighted by Crippen LogP contribution is 2.37. The van der Waals surface area contributed by atoms with Crippen LogP contribution in [0, 0.1) is 19.7 Å². The molecule has 1 aliphatic heterocycles. The number of aryl methyl sites for hydroxylation is 1. The van der Waals surface area contributed by atoms with Crippen LogP contribution in [0.5, 0.6) is 11.5 Å². The van der Waals surface area contributed by atoms with Crippen LogP contribution in [0.3, 0.4) is 0 Å². The van der Waals surface area contributed by atoms with E-state index in [-0.39, 0.29) is 23.6 Å². The van der Waals surface area contributed by atoms with E-state index in [1.54, 1.807) is 51.3 Å². The van der Waals surface area contributed by atoms with Crippen LogP contribution in [0.2, 0.25) is 0 Å². The predicted octanol–water partition coefficient (Wildman–Crippen LogP) is 4.36. The normalized spacial score (nSPS) is 15.0. The zero-order chi connectivity index (χ0) is 29.4. The summed E-state index contributed by atoms with van der Waals surface area (Å²) in [6.45, 7) is 7.54. The highest BCUT2D eigenvalue weighted by molar-refractivity contribution is 7.07. The first-order valence-electron chi connectivity index (χ1n) is 13.0. The number of rotatable bonds is 7. The minimum Gasteiger partial charge on any atom is -0.497 e. The second-order valence-electron chi connectivity index (χ2n) is 9.55. The SMILES string of the molecule is CCOC(=O)C1=C(C)N=c2s/c(=C\c3cc(C)n(-c4ccc(F)cc4)c3C)c(=O)n2C1c1cc(OC)ccc1OC. The van der Waals surface area contributed by atoms with Crippen molar-refractivity contribution in [1.82, 2.24) is 9.13 Å². The summed E-state index contributed by atoms with van der Waals surface area (Å²) in [5, 5.41) is 0. The fourth-order valence-electron chi connectivity index (χ4n) is 5.20. The minimum absolute atomic E-state index is 0.172. The van der Waals surface area contributed by atoms with Crippen LogP contribution in [-0.2, 0) is 9.53 Å². The summed E-state index contributed by atoms with van der Waals surface area (Å²) in [4.78, 5) is 32.4. The van der Waals surface area contributed by atoms with Crippen molar-refractivity contribution in [3.63, 3.8) is 0 Å². The maximum atomic E-state index is 14.1. The van der Waals surface area contributed by atoms with Gasteiger partial charge in [0, 0.05) is 22.6 Å². The Morgan fingerprint density at radius 1 is 1.07 bits per heavy atom. The lowest BCUT2D eigenvalue weighted by molar-refractivity contribution is -0.139. The van der Waals surface area contributed by atoms with E-state index in [9.17, 15) is 14.0 Å². The maximum absolute atomic E-state index is 14.1. The summed E-state index contributed by atoms with van der Waals surface area (Å²) >= 11 is 1.24. The third-order valence-corrected chi connectivity index (χ3v) is 8.07. The second kappa shape index (κ2) is 11.2. The van der Waals surface area contributed by atoms with E-state index < -0.39 is 12.0 Å². The van der Waals surface area contributed by atoms with E-state index in [2.05, 4.69) is 4.99 Å². The lowest BCUT2D eigenvalue weighted by Crippen LogP contribution is -2.40. The van der Waals surface area contributed by atoms with Crippen LogP contribution < -0.4 is 24.4 Å². The van der Waals surface area contributed by atoms with Crippen LogP contribution in [-0.4, -0.2) is 35.9 Å². The first-order chi connectivity index (χ1) is 19.7. The molecule has 0 N–H and O–H groups in total. The van der Waals surface area contributed by atoms with Gasteiger partial charge >= 0.3 is 5.97 Å². The van der Waals surface area contributed by atoms with Gasteiger partial charge in [-0.05, 0) is 87.9 Å². The molecule has 3 heterocycles. The lowest BCUT2D eigenvalue weighted by Gasteiger charge is -2.26. The molecular weight excluding hydrogens is 545 g/mol. The van der Waals surface area contributed by atoms with Gasteiger partial charge in [0.15, 0.2) is 4.80 Å². The van der Waals surface area contributed by atoms with Crippen molar-refractivity contribution >= 4 is 23.4 Å². The monoisotopic (exact) mass is 575 g/mol. The number of esters is 1. The number of carbonyl (C=O) groups excluding carboxylic acids is 1. The van der Waals surface area contributed by atoms with E-state index >= 15 is 0 Å². The molecule has 5 rings (SSSR count). The molecule has 0 saturated heterocycles. The van der Waals surface area contributed by atoms with Crippen molar-refractivity contribution in [2.75, 3.05) is 20.8 Å². The van der Waals surface area contributed by atoms with Crippen molar-refractivity contribution in [2.24, 2.45) is 4.99 Å². The molecule has 8 nitrogen and oxygen atoms in total. The topological polar surface area (TPSA) is 84.1 Å². The van der Waals surface area contributed by atoms with E-state index in [4.69, 9.17) is 14.2 Å². The number of thiazole rings is 1. The van der Waals surface area contributed by atoms with Gasteiger partial charge in [-0.15, -0.1) is 0 Å². The Labute approximate surface area is 240 Å². The second-order valence-corrected chi connectivity index (χ2v) is 10.6. The number of hydrogen-bond acceptors (Lipinski definition) is 7. The number of carbonyl (C=O) groups is 1. The van der Waals surface area contributed by atoms with E-state index in [1.165, 1.54) is 35.1 Å². The van der Waals surface area contributed by atoms with Gasteiger partial charge in [0.2, 0.25) is 0 Å². The smallest absolute Gasteiger partial charge is 0.338 e. The van der Waals surface area contributed by atoms with Gasteiger partial charge < -0.3 is 18.8 Å². The van der Waals surface area contributed by atoms with Gasteiger partial charge in [0.25, 0.3) is 5.56 Å². The first kappa shape index (κ1) is 28.1. The molecule has 2 aromatic carbocycles. The highest BCUT2D eigenvalue weighted by Gasteiger charge is 2.35. The van der Waals surface area contributed by atoms with Crippen molar-refractivity contribution in [3.8, 4) is 17.2 Å². The number of methoxy groups -OCH3 is 2. The van der Waals surface area contributed by atoms with Crippen molar-refractivity contribution in [3.05, 3.63) is 108 Å². The van der Waals surface area contributed by atoms with Gasteiger partial charge in [-0.25, -0.2) is 14.2 Å². The quantitative estimate of drug-likeness (QED) is 0.306. The molecule has 1 aliphatic rings. The summed E-state index contributed by atoms with van der Waals surface area (Å²) < 4.78 is 34.0. The standard InChI is InChI=1S/C31H30FN3O5S/c1-7-40-30(37)27-18(3)33-31-35(28(27)24-16-23(38-5)12-13-25(24)39-6)29(36)26(41-31)15-20-14-17(2)34(19(20)4)22-10-8-21(32)9-11-22/h8-16,28H,7H2,1-6H3/b26-15-. The molecule has 0 amide bonds. The Hall–Kier alpha value is -4.44. The molecule has 1 atom stereocenters. The fourth-order valence-corrected chi connectivity index (χ4v) is 6.24. The van der Waals surface area contributed by atoms with Crippen molar-refractivity contribution < 1.29 is 23.4 Å². The van der Waals surface area contributed by atoms with Gasteiger partial charge in [-0.2, -0.15) is 0 Å². The number of ether oxygens (including phenoxy) is 3. The van der Waals surface area contributed by atoms with Crippen LogP contribution in [0.25, 0.3) is 11.8 Å². The Bertz CT molecular complexity index is 1860. The summed E-state index contributed by atoms with van der Waals surface area (Å²) in [5.74, 6) is 0.178. The summed E-state index contributed by atoms with van der Waals surface area (Å²) in [6.07, 6.45) is 1.83. The zero-order valence-corrected chi connectivity index (χ0v) is 24.5. The highest BCUT2D eigenvalue weighted by atomic mass is 32.1. The van der Waals surface area contributed by atoms with E-state index in [1.807, 2.05) is 30.6 Å². The number of benzene rings is 2. The van der Waals surface area contributed by atoms with Crippen LogP contribution >= 0.6 is 11.3 Å². The number of nitrogens with zero attached hydrogens (tertiary/aromatic N) is 3. The molecule has 10 heteroatoms. The molecule has 4 aromatic rings. The van der Waals surface area contributed by atoms with Gasteiger partial charge in [-0.3, -0.25) is 9.36 Å². The largest absolute Gasteiger partial charge is 0.497 e. The summed E-state index contributed by atoms with van der Waals surface area (Å²) in [5.41, 5.74) is 4.49. The average Bonchev–Trinajstić information content (AvgIpc) is 3.41. The van der Waals surface area contributed by atoms with Crippen molar-refractivity contribution in [2.45, 2.75) is 33.7 Å². The van der Waals surface area contributed by atoms with Gasteiger partial charge in [0.1, 0.15) is 23.4 Å². The molecule has 0 fully saturated rings. The number of halogens is 1. The Kier molecular flexibility index (Phi) is 7.68.